The van der Waals surface area contributed by atoms with Crippen LogP contribution >= 0.6 is 0 Å². The molecule has 1 aliphatic heterocycles. The van der Waals surface area contributed by atoms with E-state index in [2.05, 4.69) is 12.1 Å². The monoisotopic (exact) mass is 246 g/mol. The van der Waals surface area contributed by atoms with Crippen LogP contribution in [-0.2, 0) is 17.6 Å². The molecule has 1 heterocycles. The highest BCUT2D eigenvalue weighted by Gasteiger charge is 2.35. The van der Waals surface area contributed by atoms with Crippen molar-refractivity contribution >= 4 is 5.97 Å². The fourth-order valence-electron chi connectivity index (χ4n) is 2.99. The molecule has 0 amide bonds. The van der Waals surface area contributed by atoms with Gasteiger partial charge < -0.3 is 9.84 Å². The first-order valence-corrected chi connectivity index (χ1v) is 6.71. The van der Waals surface area contributed by atoms with E-state index in [1.54, 1.807) is 0 Å². The van der Waals surface area contributed by atoms with Crippen molar-refractivity contribution in [1.29, 1.82) is 0 Å². The maximum absolute atomic E-state index is 10.9. The van der Waals surface area contributed by atoms with Crippen LogP contribution in [-0.4, -0.2) is 17.7 Å². The molecule has 1 fully saturated rings. The van der Waals surface area contributed by atoms with Gasteiger partial charge in [-0.2, -0.15) is 0 Å². The van der Waals surface area contributed by atoms with E-state index in [-0.39, 0.29) is 5.92 Å². The summed E-state index contributed by atoms with van der Waals surface area (Å²) in [6.45, 7) is 0.794. The Morgan fingerprint density at radius 2 is 2.28 bits per heavy atom. The number of carboxylic acids is 1. The predicted molar refractivity (Wildman–Crippen MR) is 67.8 cm³/mol. The number of carboxylic acid groups (broad SMARTS) is 1. The minimum atomic E-state index is -0.617. The second kappa shape index (κ2) is 4.63. The summed E-state index contributed by atoms with van der Waals surface area (Å²) in [5.41, 5.74) is 2.62. The fourth-order valence-corrected chi connectivity index (χ4v) is 2.99. The number of carbonyl (C=O) groups is 1. The van der Waals surface area contributed by atoms with E-state index in [0.29, 0.717) is 5.92 Å². The van der Waals surface area contributed by atoms with Gasteiger partial charge in [0, 0.05) is 6.42 Å². The summed E-state index contributed by atoms with van der Waals surface area (Å²) in [7, 11) is 0. The van der Waals surface area contributed by atoms with Crippen LogP contribution < -0.4 is 4.74 Å². The van der Waals surface area contributed by atoms with Crippen LogP contribution in [0.25, 0.3) is 0 Å². The van der Waals surface area contributed by atoms with Gasteiger partial charge in [-0.3, -0.25) is 4.79 Å². The van der Waals surface area contributed by atoms with Crippen LogP contribution in [0.5, 0.6) is 5.75 Å². The van der Waals surface area contributed by atoms with Crippen LogP contribution in [0, 0.1) is 11.8 Å². The zero-order valence-corrected chi connectivity index (χ0v) is 10.4. The normalized spacial score (nSPS) is 25.1. The summed E-state index contributed by atoms with van der Waals surface area (Å²) in [4.78, 5) is 10.9. The lowest BCUT2D eigenvalue weighted by Gasteiger charge is -2.33. The Balaban J connectivity index is 1.59. The number of fused-ring (bicyclic) bond motifs is 1. The Labute approximate surface area is 107 Å². The van der Waals surface area contributed by atoms with E-state index in [9.17, 15) is 4.79 Å². The average molecular weight is 246 g/mol. The maximum Gasteiger partial charge on any atom is 0.306 e. The van der Waals surface area contributed by atoms with E-state index in [1.165, 1.54) is 11.1 Å². The molecule has 1 saturated carbocycles. The largest absolute Gasteiger partial charge is 0.493 e. The molecule has 2 aliphatic rings. The highest BCUT2D eigenvalue weighted by Crippen LogP contribution is 2.38. The van der Waals surface area contributed by atoms with Gasteiger partial charge in [-0.1, -0.05) is 12.1 Å². The predicted octanol–water partition coefficient (Wildman–Crippen LogP) is 2.66. The van der Waals surface area contributed by atoms with Gasteiger partial charge >= 0.3 is 5.97 Å². The van der Waals surface area contributed by atoms with Gasteiger partial charge in [0.15, 0.2) is 0 Å². The van der Waals surface area contributed by atoms with Crippen molar-refractivity contribution < 1.29 is 14.6 Å². The third-order valence-electron chi connectivity index (χ3n) is 4.29. The third-order valence-corrected chi connectivity index (χ3v) is 4.29. The quantitative estimate of drug-likeness (QED) is 0.888. The molecule has 0 saturated heterocycles. The Kier molecular flexibility index (Phi) is 2.98. The Morgan fingerprint density at radius 3 is 3.00 bits per heavy atom. The molecule has 1 aliphatic carbocycles. The zero-order valence-electron chi connectivity index (χ0n) is 10.4. The maximum atomic E-state index is 10.9. The van der Waals surface area contributed by atoms with Crippen LogP contribution in [0.3, 0.4) is 0 Å². The summed E-state index contributed by atoms with van der Waals surface area (Å²) < 4.78 is 5.48. The fraction of sp³-hybridized carbons (Fsp3) is 0.533. The Hall–Kier alpha value is -1.51. The first kappa shape index (κ1) is 11.6. The summed E-state index contributed by atoms with van der Waals surface area (Å²) in [6, 6.07) is 6.38. The third kappa shape index (κ3) is 2.09. The minimum Gasteiger partial charge on any atom is -0.493 e. The van der Waals surface area contributed by atoms with Crippen molar-refractivity contribution in [2.45, 2.75) is 32.1 Å². The molecular formula is C15H18O3. The molecule has 2 atom stereocenters. The topological polar surface area (TPSA) is 46.5 Å². The molecule has 1 N–H and O–H groups in total. The lowest BCUT2D eigenvalue weighted by molar-refractivity contribution is -0.147. The molecule has 96 valence electrons. The van der Waals surface area contributed by atoms with Gasteiger partial charge in [-0.15, -0.1) is 0 Å². The standard InChI is InChI=1S/C15H18O3/c16-15(17)13-5-4-11(13)3-1-10-2-6-14-12(9-10)7-8-18-14/h2,6,9,11,13H,1,3-5,7-8H2,(H,16,17). The second-order valence-corrected chi connectivity index (χ2v) is 5.36. The Morgan fingerprint density at radius 1 is 1.39 bits per heavy atom. The summed E-state index contributed by atoms with van der Waals surface area (Å²) >= 11 is 0. The van der Waals surface area contributed by atoms with Gasteiger partial charge in [-0.25, -0.2) is 0 Å². The first-order valence-electron chi connectivity index (χ1n) is 6.71. The van der Waals surface area contributed by atoms with Gasteiger partial charge in [0.1, 0.15) is 5.75 Å². The molecule has 3 rings (SSSR count). The summed E-state index contributed by atoms with van der Waals surface area (Å²) in [6.07, 6.45) is 4.92. The van der Waals surface area contributed by atoms with Crippen molar-refractivity contribution in [2.24, 2.45) is 11.8 Å². The average Bonchev–Trinajstić information content (AvgIpc) is 2.74. The van der Waals surface area contributed by atoms with Crippen LogP contribution in [0.2, 0.25) is 0 Å². The SMILES string of the molecule is O=C(O)C1CCC1CCc1ccc2c(c1)CCO2. The van der Waals surface area contributed by atoms with Crippen molar-refractivity contribution in [3.63, 3.8) is 0 Å². The van der Waals surface area contributed by atoms with Gasteiger partial charge in [0.05, 0.1) is 12.5 Å². The van der Waals surface area contributed by atoms with E-state index >= 15 is 0 Å². The zero-order chi connectivity index (χ0) is 12.5. The number of ether oxygens (including phenoxy) is 1. The van der Waals surface area contributed by atoms with E-state index < -0.39 is 5.97 Å². The van der Waals surface area contributed by atoms with Gasteiger partial charge in [0.25, 0.3) is 0 Å². The second-order valence-electron chi connectivity index (χ2n) is 5.36. The smallest absolute Gasteiger partial charge is 0.306 e. The van der Waals surface area contributed by atoms with Gasteiger partial charge in [-0.05, 0) is 48.8 Å². The van der Waals surface area contributed by atoms with Crippen LogP contribution in [0.15, 0.2) is 18.2 Å². The number of benzene rings is 1. The molecule has 3 nitrogen and oxygen atoms in total. The minimum absolute atomic E-state index is 0.0947. The molecule has 0 radical (unpaired) electrons. The molecular weight excluding hydrogens is 228 g/mol. The highest BCUT2D eigenvalue weighted by atomic mass is 16.5. The molecule has 18 heavy (non-hydrogen) atoms. The number of aliphatic carboxylic acids is 1. The van der Waals surface area contributed by atoms with Crippen molar-refractivity contribution in [1.82, 2.24) is 0 Å². The number of hydrogen-bond donors (Lipinski definition) is 1. The van der Waals surface area contributed by atoms with Gasteiger partial charge in [0.2, 0.25) is 0 Å². The first-order chi connectivity index (χ1) is 8.74. The molecule has 0 aromatic heterocycles. The van der Waals surface area contributed by atoms with E-state index in [4.69, 9.17) is 9.84 Å². The van der Waals surface area contributed by atoms with Crippen molar-refractivity contribution in [3.05, 3.63) is 29.3 Å². The van der Waals surface area contributed by atoms with Crippen molar-refractivity contribution in [3.8, 4) is 5.75 Å². The molecule has 2 unspecified atom stereocenters. The van der Waals surface area contributed by atoms with Crippen LogP contribution in [0.4, 0.5) is 0 Å². The van der Waals surface area contributed by atoms with Crippen LogP contribution in [0.1, 0.15) is 30.4 Å². The molecule has 0 spiro atoms. The van der Waals surface area contributed by atoms with Crippen molar-refractivity contribution in [2.75, 3.05) is 6.61 Å². The summed E-state index contributed by atoms with van der Waals surface area (Å²) in [5, 5.41) is 9.01. The molecule has 1 aromatic carbocycles. The molecule has 0 bridgehead atoms. The summed E-state index contributed by atoms with van der Waals surface area (Å²) in [5.74, 6) is 0.689. The molecule has 1 aromatic rings. The van der Waals surface area contributed by atoms with E-state index in [1.807, 2.05) is 6.07 Å². The Bertz CT molecular complexity index is 467. The number of aryl methyl sites for hydroxylation is 1. The number of hydrogen-bond acceptors (Lipinski definition) is 2. The highest BCUT2D eigenvalue weighted by molar-refractivity contribution is 5.71. The lowest BCUT2D eigenvalue weighted by Crippen LogP contribution is -2.33. The number of rotatable bonds is 4. The van der Waals surface area contributed by atoms with E-state index in [0.717, 1.165) is 44.5 Å². The lowest BCUT2D eigenvalue weighted by atomic mass is 9.71. The molecule has 3 heteroatoms.